The Balaban J connectivity index is 1.95. The molecule has 0 unspecified atom stereocenters. The lowest BCUT2D eigenvalue weighted by Crippen LogP contribution is -2.17. The van der Waals surface area contributed by atoms with Crippen LogP contribution >= 0.6 is 0 Å². The molecular weight excluding hydrogens is 288 g/mol. The van der Waals surface area contributed by atoms with Crippen molar-refractivity contribution in [2.45, 2.75) is 71.5 Å². The molecule has 0 spiro atoms. The van der Waals surface area contributed by atoms with Gasteiger partial charge in [-0.15, -0.1) is 0 Å². The smallest absolute Gasteiger partial charge is 0.159 e. The molecule has 0 radical (unpaired) electrons. The summed E-state index contributed by atoms with van der Waals surface area (Å²) in [6.07, 6.45) is 5.23. The van der Waals surface area contributed by atoms with E-state index in [9.17, 15) is 4.79 Å². The van der Waals surface area contributed by atoms with Crippen LogP contribution in [0.4, 0.5) is 0 Å². The van der Waals surface area contributed by atoms with Crippen LogP contribution in [0, 0.1) is 5.92 Å². The van der Waals surface area contributed by atoms with Crippen LogP contribution in [-0.4, -0.2) is 18.5 Å². The molecule has 2 saturated carbocycles. The maximum atomic E-state index is 11.9. The Hall–Kier alpha value is -1.35. The summed E-state index contributed by atoms with van der Waals surface area (Å²) < 4.78 is 12.1. The quantitative estimate of drug-likeness (QED) is 0.687. The standard InChI is InChI=1S/C20H28O3/c1-13(21)15-9-16(12-22-17-7-8-17)19(23-11-14-5-6-14)18(10-15)20(2,3)4/h9-10,14,17H,5-8,11-12H2,1-4H3. The monoisotopic (exact) mass is 316 g/mol. The van der Waals surface area contributed by atoms with Crippen LogP contribution in [0.5, 0.6) is 5.75 Å². The Labute approximate surface area is 139 Å². The summed E-state index contributed by atoms with van der Waals surface area (Å²) in [6.45, 7) is 9.44. The van der Waals surface area contributed by atoms with Gasteiger partial charge in [-0.1, -0.05) is 20.8 Å². The summed E-state index contributed by atoms with van der Waals surface area (Å²) in [4.78, 5) is 11.9. The zero-order chi connectivity index (χ0) is 16.6. The fourth-order valence-corrected chi connectivity index (χ4v) is 2.66. The van der Waals surface area contributed by atoms with E-state index in [1.54, 1.807) is 6.92 Å². The maximum absolute atomic E-state index is 11.9. The Morgan fingerprint density at radius 3 is 2.39 bits per heavy atom. The third-order valence-electron chi connectivity index (χ3n) is 4.54. The Bertz CT molecular complexity index is 590. The summed E-state index contributed by atoms with van der Waals surface area (Å²) in [5, 5.41) is 0. The molecule has 0 N–H and O–H groups in total. The largest absolute Gasteiger partial charge is 0.493 e. The molecule has 3 nitrogen and oxygen atoms in total. The zero-order valence-corrected chi connectivity index (χ0v) is 14.8. The minimum absolute atomic E-state index is 0.0708. The van der Waals surface area contributed by atoms with E-state index >= 15 is 0 Å². The lowest BCUT2D eigenvalue weighted by molar-refractivity contribution is 0.100. The van der Waals surface area contributed by atoms with Crippen molar-refractivity contribution in [1.29, 1.82) is 0 Å². The van der Waals surface area contributed by atoms with E-state index in [4.69, 9.17) is 9.47 Å². The van der Waals surface area contributed by atoms with Crippen molar-refractivity contribution >= 4 is 5.78 Å². The second-order valence-corrected chi connectivity index (χ2v) is 8.08. The van der Waals surface area contributed by atoms with E-state index in [1.807, 2.05) is 12.1 Å². The van der Waals surface area contributed by atoms with Crippen molar-refractivity contribution in [2.75, 3.05) is 6.61 Å². The van der Waals surface area contributed by atoms with Crippen LogP contribution < -0.4 is 4.74 Å². The van der Waals surface area contributed by atoms with Gasteiger partial charge in [0.25, 0.3) is 0 Å². The first-order valence-electron chi connectivity index (χ1n) is 8.77. The minimum Gasteiger partial charge on any atom is -0.493 e. The Morgan fingerprint density at radius 1 is 1.17 bits per heavy atom. The van der Waals surface area contributed by atoms with Crippen molar-refractivity contribution in [3.05, 3.63) is 28.8 Å². The van der Waals surface area contributed by atoms with Crippen LogP contribution in [0.15, 0.2) is 12.1 Å². The molecule has 0 bridgehead atoms. The summed E-state index contributed by atoms with van der Waals surface area (Å²) in [7, 11) is 0. The van der Waals surface area contributed by atoms with E-state index in [0.717, 1.165) is 41.9 Å². The topological polar surface area (TPSA) is 35.5 Å². The summed E-state index contributed by atoms with van der Waals surface area (Å²) >= 11 is 0. The van der Waals surface area contributed by atoms with Crippen LogP contribution in [0.3, 0.4) is 0 Å². The number of rotatable bonds is 7. The van der Waals surface area contributed by atoms with Crippen LogP contribution in [0.25, 0.3) is 0 Å². The van der Waals surface area contributed by atoms with E-state index in [2.05, 4.69) is 20.8 Å². The number of ketones is 1. The highest BCUT2D eigenvalue weighted by Crippen LogP contribution is 2.39. The normalized spacial score (nSPS) is 18.1. The summed E-state index contributed by atoms with van der Waals surface area (Å²) in [5.74, 6) is 1.74. The fraction of sp³-hybridized carbons (Fsp3) is 0.650. The van der Waals surface area contributed by atoms with Gasteiger partial charge in [-0.05, 0) is 56.1 Å². The minimum atomic E-state index is -0.0708. The molecular formula is C20H28O3. The molecule has 0 aliphatic heterocycles. The first-order valence-corrected chi connectivity index (χ1v) is 8.77. The van der Waals surface area contributed by atoms with Crippen molar-refractivity contribution in [3.8, 4) is 5.75 Å². The number of benzene rings is 1. The number of Topliss-reactive ketones (excluding diaryl/α,β-unsaturated/α-hetero) is 1. The molecule has 1 aromatic carbocycles. The van der Waals surface area contributed by atoms with Crippen LogP contribution in [-0.2, 0) is 16.8 Å². The average molecular weight is 316 g/mol. The molecule has 0 saturated heterocycles. The highest BCUT2D eigenvalue weighted by atomic mass is 16.5. The lowest BCUT2D eigenvalue weighted by atomic mass is 9.83. The van der Waals surface area contributed by atoms with Gasteiger partial charge in [-0.25, -0.2) is 0 Å². The van der Waals surface area contributed by atoms with Gasteiger partial charge < -0.3 is 9.47 Å². The van der Waals surface area contributed by atoms with Gasteiger partial charge >= 0.3 is 0 Å². The number of hydrogen-bond acceptors (Lipinski definition) is 3. The molecule has 2 aliphatic carbocycles. The fourth-order valence-electron chi connectivity index (χ4n) is 2.66. The van der Waals surface area contributed by atoms with Gasteiger partial charge in [-0.2, -0.15) is 0 Å². The van der Waals surface area contributed by atoms with Gasteiger partial charge in [0.1, 0.15) is 5.75 Å². The highest BCUT2D eigenvalue weighted by Gasteiger charge is 2.28. The molecule has 2 fully saturated rings. The molecule has 3 rings (SSSR count). The van der Waals surface area contributed by atoms with Gasteiger partial charge in [0.2, 0.25) is 0 Å². The van der Waals surface area contributed by atoms with E-state index in [0.29, 0.717) is 18.6 Å². The van der Waals surface area contributed by atoms with Crippen molar-refractivity contribution in [3.63, 3.8) is 0 Å². The van der Waals surface area contributed by atoms with Gasteiger partial charge in [-0.3, -0.25) is 4.79 Å². The predicted molar refractivity (Wildman–Crippen MR) is 91.2 cm³/mol. The van der Waals surface area contributed by atoms with Gasteiger partial charge in [0.15, 0.2) is 5.78 Å². The second-order valence-electron chi connectivity index (χ2n) is 8.08. The molecule has 0 amide bonds. The zero-order valence-electron chi connectivity index (χ0n) is 14.8. The number of ether oxygens (including phenoxy) is 2. The molecule has 0 aromatic heterocycles. The molecule has 0 atom stereocenters. The Kier molecular flexibility index (Phi) is 4.50. The number of hydrogen-bond donors (Lipinski definition) is 0. The van der Waals surface area contributed by atoms with Crippen LogP contribution in [0.2, 0.25) is 0 Å². The van der Waals surface area contributed by atoms with Crippen molar-refractivity contribution in [1.82, 2.24) is 0 Å². The van der Waals surface area contributed by atoms with Crippen molar-refractivity contribution in [2.24, 2.45) is 5.92 Å². The summed E-state index contributed by atoms with van der Waals surface area (Å²) in [5.41, 5.74) is 2.82. The molecule has 1 aromatic rings. The van der Waals surface area contributed by atoms with Crippen molar-refractivity contribution < 1.29 is 14.3 Å². The highest BCUT2D eigenvalue weighted by molar-refractivity contribution is 5.94. The first kappa shape index (κ1) is 16.5. The SMILES string of the molecule is CC(=O)c1cc(COC2CC2)c(OCC2CC2)c(C(C)(C)C)c1. The summed E-state index contributed by atoms with van der Waals surface area (Å²) in [6, 6.07) is 3.97. The molecule has 23 heavy (non-hydrogen) atoms. The molecule has 0 heterocycles. The third kappa shape index (κ3) is 4.35. The number of carbonyl (C=O) groups excluding carboxylic acids is 1. The van der Waals surface area contributed by atoms with E-state index in [1.165, 1.54) is 12.8 Å². The number of carbonyl (C=O) groups is 1. The molecule has 3 heteroatoms. The van der Waals surface area contributed by atoms with Crippen LogP contribution in [0.1, 0.15) is 74.9 Å². The van der Waals surface area contributed by atoms with Gasteiger partial charge in [0, 0.05) is 16.7 Å². The first-order chi connectivity index (χ1) is 10.8. The Morgan fingerprint density at radius 2 is 1.87 bits per heavy atom. The second kappa shape index (κ2) is 6.27. The molecule has 2 aliphatic rings. The lowest BCUT2D eigenvalue weighted by Gasteiger charge is -2.26. The maximum Gasteiger partial charge on any atom is 0.159 e. The van der Waals surface area contributed by atoms with E-state index in [-0.39, 0.29) is 11.2 Å². The molecule has 126 valence electrons. The third-order valence-corrected chi connectivity index (χ3v) is 4.54. The predicted octanol–water partition coefficient (Wildman–Crippen LogP) is 4.65. The average Bonchev–Trinajstić information content (AvgIpc) is 3.35. The van der Waals surface area contributed by atoms with Gasteiger partial charge in [0.05, 0.1) is 19.3 Å². The van der Waals surface area contributed by atoms with E-state index < -0.39 is 0 Å².